The number of hydrogen-bond donors (Lipinski definition) is 2. The van der Waals surface area contributed by atoms with E-state index >= 15 is 0 Å². The molecule has 1 unspecified atom stereocenters. The molecule has 0 bridgehead atoms. The van der Waals surface area contributed by atoms with E-state index in [0.29, 0.717) is 37.4 Å². The summed E-state index contributed by atoms with van der Waals surface area (Å²) >= 11 is 14.9. The molecule has 1 aliphatic carbocycles. The standard InChI is InChI=1S/C27H37Cl2N3O3S3/c1-16-19(15-20(28)24(22(16)29)38(35)32-27(2,3)4)23-21(14-17-8-6-5-7-9-17)31-26(36-23)25(33)30-18-10-12-37(34)13-11-18/h15,17-18,32H,5-14H2,1-4H3,(H,30,33). The first-order chi connectivity index (χ1) is 17.9. The second-order valence-corrected chi connectivity index (χ2v) is 16.0. The van der Waals surface area contributed by atoms with Crippen LogP contribution >= 0.6 is 34.5 Å². The van der Waals surface area contributed by atoms with Crippen molar-refractivity contribution in [1.82, 2.24) is 15.0 Å². The van der Waals surface area contributed by atoms with Gasteiger partial charge in [-0.3, -0.25) is 9.00 Å². The predicted molar refractivity (Wildman–Crippen MR) is 160 cm³/mol. The summed E-state index contributed by atoms with van der Waals surface area (Å²) in [5.41, 5.74) is 2.11. The Kier molecular flexibility index (Phi) is 10.1. The van der Waals surface area contributed by atoms with Crippen molar-refractivity contribution in [3.8, 4) is 10.4 Å². The molecule has 1 aromatic heterocycles. The zero-order valence-electron chi connectivity index (χ0n) is 22.5. The number of nitrogens with one attached hydrogen (secondary N) is 2. The molecule has 0 radical (unpaired) electrons. The predicted octanol–water partition coefficient (Wildman–Crippen LogP) is 6.60. The van der Waals surface area contributed by atoms with Crippen molar-refractivity contribution in [3.63, 3.8) is 0 Å². The highest BCUT2D eigenvalue weighted by Crippen LogP contribution is 2.42. The number of carbonyl (C=O) groups excluding carboxylic acids is 1. The van der Waals surface area contributed by atoms with Gasteiger partial charge in [-0.2, -0.15) is 0 Å². The van der Waals surface area contributed by atoms with Crippen LogP contribution in [-0.2, 0) is 28.2 Å². The molecule has 1 saturated carbocycles. The largest absolute Gasteiger partial charge is 0.347 e. The maximum absolute atomic E-state index is 13.2. The number of benzene rings is 1. The SMILES string of the molecule is Cc1c(-c2sc(C(=O)NC3CCS(=O)CC3)nc2CC2CCCCC2)cc(Cl)c(S(=O)NC(C)(C)C)c1Cl. The lowest BCUT2D eigenvalue weighted by atomic mass is 9.85. The molecular weight excluding hydrogens is 581 g/mol. The van der Waals surface area contributed by atoms with Crippen molar-refractivity contribution in [3.05, 3.63) is 32.4 Å². The first-order valence-electron chi connectivity index (χ1n) is 13.3. The van der Waals surface area contributed by atoms with E-state index in [4.69, 9.17) is 28.2 Å². The summed E-state index contributed by atoms with van der Waals surface area (Å²) in [5.74, 6) is 1.58. The first kappa shape index (κ1) is 30.1. The van der Waals surface area contributed by atoms with E-state index in [1.54, 1.807) is 0 Å². The lowest BCUT2D eigenvalue weighted by Gasteiger charge is -2.22. The van der Waals surface area contributed by atoms with Gasteiger partial charge in [0.2, 0.25) is 0 Å². The third-order valence-electron chi connectivity index (χ3n) is 7.07. The smallest absolute Gasteiger partial charge is 0.280 e. The molecule has 11 heteroatoms. The second kappa shape index (κ2) is 12.8. The van der Waals surface area contributed by atoms with Gasteiger partial charge in [-0.25, -0.2) is 13.9 Å². The van der Waals surface area contributed by atoms with Crippen LogP contribution in [0.4, 0.5) is 0 Å². The van der Waals surface area contributed by atoms with Gasteiger partial charge < -0.3 is 5.32 Å². The van der Waals surface area contributed by atoms with Gasteiger partial charge in [0.05, 0.1) is 25.5 Å². The Labute approximate surface area is 245 Å². The van der Waals surface area contributed by atoms with Crippen molar-refractivity contribution in [1.29, 1.82) is 0 Å². The van der Waals surface area contributed by atoms with E-state index in [0.717, 1.165) is 53.8 Å². The van der Waals surface area contributed by atoms with E-state index in [2.05, 4.69) is 10.0 Å². The van der Waals surface area contributed by atoms with Crippen LogP contribution in [0.5, 0.6) is 0 Å². The number of thiazole rings is 1. The Bertz CT molecular complexity index is 1230. The monoisotopic (exact) mass is 617 g/mol. The fraction of sp³-hybridized carbons (Fsp3) is 0.630. The molecule has 2 heterocycles. The summed E-state index contributed by atoms with van der Waals surface area (Å²) in [7, 11) is -2.37. The van der Waals surface area contributed by atoms with Crippen molar-refractivity contribution < 1.29 is 13.2 Å². The molecule has 2 aromatic rings. The number of amides is 1. The summed E-state index contributed by atoms with van der Waals surface area (Å²) in [6.07, 6.45) is 8.27. The summed E-state index contributed by atoms with van der Waals surface area (Å²) < 4.78 is 27.9. The Morgan fingerprint density at radius 2 is 1.82 bits per heavy atom. The minimum atomic E-state index is -1.58. The van der Waals surface area contributed by atoms with Gasteiger partial charge in [-0.05, 0) is 70.1 Å². The van der Waals surface area contributed by atoms with Gasteiger partial charge in [0.15, 0.2) is 5.01 Å². The minimum Gasteiger partial charge on any atom is -0.347 e. The van der Waals surface area contributed by atoms with Crippen molar-refractivity contribution in [2.75, 3.05) is 11.5 Å². The van der Waals surface area contributed by atoms with E-state index in [-0.39, 0.29) is 17.5 Å². The van der Waals surface area contributed by atoms with Crippen LogP contribution in [0.3, 0.4) is 0 Å². The fourth-order valence-electron chi connectivity index (χ4n) is 5.08. The lowest BCUT2D eigenvalue weighted by molar-refractivity contribution is 0.0934. The van der Waals surface area contributed by atoms with Gasteiger partial charge in [0.25, 0.3) is 5.91 Å². The number of hydrogen-bond acceptors (Lipinski definition) is 5. The zero-order valence-corrected chi connectivity index (χ0v) is 26.4. The Morgan fingerprint density at radius 3 is 2.45 bits per heavy atom. The maximum atomic E-state index is 13.2. The van der Waals surface area contributed by atoms with Crippen LogP contribution in [-0.4, -0.2) is 42.4 Å². The van der Waals surface area contributed by atoms with E-state index in [1.165, 1.54) is 30.6 Å². The molecule has 38 heavy (non-hydrogen) atoms. The van der Waals surface area contributed by atoms with E-state index in [9.17, 15) is 13.2 Å². The maximum Gasteiger partial charge on any atom is 0.280 e. The first-order valence-corrected chi connectivity index (χ1v) is 17.5. The molecule has 2 aliphatic rings. The number of halogens is 2. The quantitative estimate of drug-likeness (QED) is 0.366. The number of aromatic nitrogens is 1. The second-order valence-electron chi connectivity index (χ2n) is 11.4. The topological polar surface area (TPSA) is 88.2 Å². The molecule has 2 N–H and O–H groups in total. The van der Waals surface area contributed by atoms with Crippen LogP contribution in [0.2, 0.25) is 10.0 Å². The number of carbonyl (C=O) groups is 1. The Morgan fingerprint density at radius 1 is 1.16 bits per heavy atom. The van der Waals surface area contributed by atoms with Crippen LogP contribution in [0.15, 0.2) is 11.0 Å². The van der Waals surface area contributed by atoms with Gasteiger partial charge in [-0.1, -0.05) is 55.3 Å². The molecule has 1 saturated heterocycles. The zero-order chi connectivity index (χ0) is 27.6. The highest BCUT2D eigenvalue weighted by Gasteiger charge is 2.28. The molecule has 1 atom stereocenters. The molecule has 1 aliphatic heterocycles. The molecule has 4 rings (SSSR count). The van der Waals surface area contributed by atoms with Crippen molar-refractivity contribution in [2.45, 2.75) is 95.5 Å². The number of nitrogens with zero attached hydrogens (tertiary/aromatic N) is 1. The summed E-state index contributed by atoms with van der Waals surface area (Å²) in [5, 5.41) is 4.22. The Balaban J connectivity index is 1.69. The lowest BCUT2D eigenvalue weighted by Crippen LogP contribution is -2.39. The molecule has 0 spiro atoms. The third kappa shape index (κ3) is 7.46. The normalized spacial score (nSPS) is 21.8. The third-order valence-corrected chi connectivity index (χ3v) is 12.2. The summed E-state index contributed by atoms with van der Waals surface area (Å²) in [6.45, 7) is 7.70. The Hall–Kier alpha value is -0.840. The van der Waals surface area contributed by atoms with Gasteiger partial charge in [-0.15, -0.1) is 11.3 Å². The van der Waals surface area contributed by atoms with Crippen LogP contribution in [0, 0.1) is 12.8 Å². The van der Waals surface area contributed by atoms with Crippen LogP contribution in [0.1, 0.15) is 86.8 Å². The van der Waals surface area contributed by atoms with Crippen LogP contribution in [0.25, 0.3) is 10.4 Å². The average molecular weight is 619 g/mol. The van der Waals surface area contributed by atoms with Gasteiger partial charge in [0.1, 0.15) is 11.0 Å². The molecule has 1 aromatic carbocycles. The fourth-order valence-corrected chi connectivity index (χ4v) is 9.53. The molecular formula is C27H37Cl2N3O3S3. The highest BCUT2D eigenvalue weighted by molar-refractivity contribution is 7.85. The van der Waals surface area contributed by atoms with Gasteiger partial charge >= 0.3 is 0 Å². The average Bonchev–Trinajstić information content (AvgIpc) is 3.26. The van der Waals surface area contributed by atoms with E-state index < -0.39 is 21.8 Å². The molecule has 1 amide bonds. The summed E-state index contributed by atoms with van der Waals surface area (Å²) in [6, 6.07) is 1.83. The van der Waals surface area contributed by atoms with Crippen molar-refractivity contribution in [2.24, 2.45) is 5.92 Å². The molecule has 2 fully saturated rings. The minimum absolute atomic E-state index is 0.0181. The van der Waals surface area contributed by atoms with E-state index in [1.807, 2.05) is 33.8 Å². The summed E-state index contributed by atoms with van der Waals surface area (Å²) in [4.78, 5) is 19.4. The number of rotatable bonds is 7. The molecule has 6 nitrogen and oxygen atoms in total. The molecule has 210 valence electrons. The highest BCUT2D eigenvalue weighted by atomic mass is 35.5. The van der Waals surface area contributed by atoms with Crippen LogP contribution < -0.4 is 10.0 Å². The van der Waals surface area contributed by atoms with Crippen molar-refractivity contribution >= 4 is 62.2 Å². The van der Waals surface area contributed by atoms with Gasteiger partial charge in [0, 0.05) is 33.9 Å².